The number of aliphatic hydroxyl groups is 1. The molecule has 2 nitrogen and oxygen atoms in total. The van der Waals surface area contributed by atoms with Gasteiger partial charge >= 0.3 is 0 Å². The van der Waals surface area contributed by atoms with E-state index >= 15 is 0 Å². The molecule has 0 aliphatic rings. The number of thiophene rings is 1. The number of hydrogen-bond acceptors (Lipinski definition) is 3. The number of halogens is 1. The van der Waals surface area contributed by atoms with Crippen molar-refractivity contribution in [1.82, 2.24) is 4.90 Å². The van der Waals surface area contributed by atoms with Crippen LogP contribution in [0, 0.1) is 0 Å². The van der Waals surface area contributed by atoms with Gasteiger partial charge in [-0.2, -0.15) is 0 Å². The van der Waals surface area contributed by atoms with Gasteiger partial charge in [0.2, 0.25) is 0 Å². The second kappa shape index (κ2) is 5.43. The van der Waals surface area contributed by atoms with Crippen LogP contribution in [0.1, 0.15) is 25.1 Å². The van der Waals surface area contributed by atoms with Gasteiger partial charge in [-0.05, 0) is 49.3 Å². The molecule has 86 valence electrons. The van der Waals surface area contributed by atoms with E-state index in [0.717, 1.165) is 24.0 Å². The second-order valence-corrected chi connectivity index (χ2v) is 6.44. The molecule has 0 unspecified atom stereocenters. The van der Waals surface area contributed by atoms with Crippen LogP contribution in [0.25, 0.3) is 0 Å². The Morgan fingerprint density at radius 3 is 2.67 bits per heavy atom. The van der Waals surface area contributed by atoms with E-state index in [-0.39, 0.29) is 0 Å². The molecule has 4 heteroatoms. The fraction of sp³-hybridized carbons (Fsp3) is 0.636. The molecule has 0 atom stereocenters. The third-order valence-corrected chi connectivity index (χ3v) is 3.84. The van der Waals surface area contributed by atoms with E-state index in [4.69, 9.17) is 0 Å². The van der Waals surface area contributed by atoms with Gasteiger partial charge in [0.05, 0.1) is 5.60 Å². The fourth-order valence-corrected chi connectivity index (χ4v) is 2.78. The summed E-state index contributed by atoms with van der Waals surface area (Å²) in [5, 5.41) is 11.7. The molecule has 0 aliphatic carbocycles. The Labute approximate surface area is 104 Å². The molecular formula is C11H18BrNOS. The summed E-state index contributed by atoms with van der Waals surface area (Å²) in [5.41, 5.74) is -0.565. The second-order valence-electron chi connectivity index (χ2n) is 4.53. The lowest BCUT2D eigenvalue weighted by molar-refractivity contribution is 0.0600. The first-order chi connectivity index (χ1) is 6.87. The van der Waals surface area contributed by atoms with Crippen LogP contribution in [-0.2, 0) is 6.54 Å². The minimum absolute atomic E-state index is 0.565. The molecule has 0 spiro atoms. The molecule has 1 aromatic rings. The molecule has 0 fully saturated rings. The highest BCUT2D eigenvalue weighted by atomic mass is 79.9. The van der Waals surface area contributed by atoms with Crippen molar-refractivity contribution in [3.8, 4) is 0 Å². The van der Waals surface area contributed by atoms with Crippen LogP contribution >= 0.6 is 27.3 Å². The lowest BCUT2D eigenvalue weighted by Crippen LogP contribution is -2.27. The van der Waals surface area contributed by atoms with Gasteiger partial charge in [-0.1, -0.05) is 0 Å². The zero-order valence-corrected chi connectivity index (χ0v) is 11.9. The zero-order chi connectivity index (χ0) is 11.5. The largest absolute Gasteiger partial charge is 0.390 e. The van der Waals surface area contributed by atoms with E-state index in [1.54, 1.807) is 11.3 Å². The SMILES string of the molecule is CN(CCC(C)(C)O)Cc1cc(Br)cs1. The normalized spacial score (nSPS) is 12.4. The molecule has 1 rings (SSSR count). The topological polar surface area (TPSA) is 23.5 Å². The molecule has 1 aromatic heterocycles. The summed E-state index contributed by atoms with van der Waals surface area (Å²) in [6.45, 7) is 5.57. The van der Waals surface area contributed by atoms with Crippen LogP contribution < -0.4 is 0 Å². The van der Waals surface area contributed by atoms with E-state index < -0.39 is 5.60 Å². The van der Waals surface area contributed by atoms with E-state index in [2.05, 4.69) is 39.3 Å². The Hall–Kier alpha value is 0.1000. The highest BCUT2D eigenvalue weighted by Gasteiger charge is 2.13. The monoisotopic (exact) mass is 291 g/mol. The van der Waals surface area contributed by atoms with Crippen LogP contribution in [0.2, 0.25) is 0 Å². The van der Waals surface area contributed by atoms with Crippen LogP contribution in [-0.4, -0.2) is 29.2 Å². The van der Waals surface area contributed by atoms with Crippen LogP contribution in [0.3, 0.4) is 0 Å². The highest BCUT2D eigenvalue weighted by Crippen LogP contribution is 2.21. The fourth-order valence-electron chi connectivity index (χ4n) is 1.25. The molecule has 0 saturated heterocycles. The minimum atomic E-state index is -0.565. The van der Waals surface area contributed by atoms with Crippen LogP contribution in [0.5, 0.6) is 0 Å². The van der Waals surface area contributed by atoms with Crippen LogP contribution in [0.4, 0.5) is 0 Å². The van der Waals surface area contributed by atoms with Crippen molar-refractivity contribution in [3.63, 3.8) is 0 Å². The summed E-state index contributed by atoms with van der Waals surface area (Å²) in [4.78, 5) is 3.58. The van der Waals surface area contributed by atoms with Crippen molar-refractivity contribution in [2.75, 3.05) is 13.6 Å². The molecule has 0 amide bonds. The summed E-state index contributed by atoms with van der Waals surface area (Å²) in [6, 6.07) is 2.14. The van der Waals surface area contributed by atoms with Crippen molar-refractivity contribution in [2.24, 2.45) is 0 Å². The standard InChI is InChI=1S/C11H18BrNOS/c1-11(2,14)4-5-13(3)7-10-6-9(12)8-15-10/h6,8,14H,4-5,7H2,1-3H3. The van der Waals surface area contributed by atoms with Crippen molar-refractivity contribution in [2.45, 2.75) is 32.4 Å². The maximum atomic E-state index is 9.61. The summed E-state index contributed by atoms with van der Waals surface area (Å²) < 4.78 is 1.15. The molecule has 0 aliphatic heterocycles. The molecule has 15 heavy (non-hydrogen) atoms. The predicted molar refractivity (Wildman–Crippen MR) is 69.3 cm³/mol. The predicted octanol–water partition coefficient (Wildman–Crippen LogP) is 3.10. The van der Waals surface area contributed by atoms with Gasteiger partial charge in [-0.25, -0.2) is 0 Å². The van der Waals surface area contributed by atoms with Gasteiger partial charge in [0.25, 0.3) is 0 Å². The maximum Gasteiger partial charge on any atom is 0.0603 e. The summed E-state index contributed by atoms with van der Waals surface area (Å²) >= 11 is 5.20. The van der Waals surface area contributed by atoms with Gasteiger partial charge in [0, 0.05) is 27.8 Å². The van der Waals surface area contributed by atoms with Crippen molar-refractivity contribution >= 4 is 27.3 Å². The van der Waals surface area contributed by atoms with Crippen molar-refractivity contribution < 1.29 is 5.11 Å². The van der Waals surface area contributed by atoms with Gasteiger partial charge in [-0.15, -0.1) is 11.3 Å². The van der Waals surface area contributed by atoms with Crippen molar-refractivity contribution in [1.29, 1.82) is 0 Å². The van der Waals surface area contributed by atoms with Crippen LogP contribution in [0.15, 0.2) is 15.9 Å². The molecule has 0 bridgehead atoms. The zero-order valence-electron chi connectivity index (χ0n) is 9.46. The summed E-state index contributed by atoms with van der Waals surface area (Å²) in [5.74, 6) is 0. The van der Waals surface area contributed by atoms with E-state index in [0.29, 0.717) is 0 Å². The lowest BCUT2D eigenvalue weighted by atomic mass is 10.1. The first-order valence-corrected chi connectivity index (χ1v) is 6.68. The molecule has 1 heterocycles. The number of hydrogen-bond donors (Lipinski definition) is 1. The number of nitrogens with zero attached hydrogens (tertiary/aromatic N) is 1. The summed E-state index contributed by atoms with van der Waals surface area (Å²) in [6.07, 6.45) is 0.802. The van der Waals surface area contributed by atoms with Gasteiger partial charge in [-0.3, -0.25) is 0 Å². The highest BCUT2D eigenvalue weighted by molar-refractivity contribution is 9.10. The molecule has 1 N–H and O–H groups in total. The van der Waals surface area contributed by atoms with E-state index in [1.165, 1.54) is 4.88 Å². The van der Waals surface area contributed by atoms with E-state index in [1.807, 2.05) is 13.8 Å². The third-order valence-electron chi connectivity index (χ3n) is 2.15. The third kappa shape index (κ3) is 5.66. The number of rotatable bonds is 5. The molecular weight excluding hydrogens is 274 g/mol. The Balaban J connectivity index is 2.33. The minimum Gasteiger partial charge on any atom is -0.390 e. The smallest absolute Gasteiger partial charge is 0.0603 e. The molecule has 0 radical (unpaired) electrons. The molecule has 0 aromatic carbocycles. The van der Waals surface area contributed by atoms with Gasteiger partial charge in [0.1, 0.15) is 0 Å². The average Bonchev–Trinajstić information content (AvgIpc) is 2.47. The van der Waals surface area contributed by atoms with Gasteiger partial charge in [0.15, 0.2) is 0 Å². The van der Waals surface area contributed by atoms with Crippen molar-refractivity contribution in [3.05, 3.63) is 20.8 Å². The Morgan fingerprint density at radius 1 is 1.53 bits per heavy atom. The maximum absolute atomic E-state index is 9.61. The Morgan fingerprint density at radius 2 is 2.20 bits per heavy atom. The Kier molecular flexibility index (Phi) is 4.77. The summed E-state index contributed by atoms with van der Waals surface area (Å²) in [7, 11) is 2.08. The Bertz CT molecular complexity index is 306. The van der Waals surface area contributed by atoms with Gasteiger partial charge < -0.3 is 10.0 Å². The average molecular weight is 292 g/mol. The molecule has 0 saturated carbocycles. The quantitative estimate of drug-likeness (QED) is 0.901. The lowest BCUT2D eigenvalue weighted by Gasteiger charge is -2.22. The first kappa shape index (κ1) is 13.2. The first-order valence-electron chi connectivity index (χ1n) is 5.01. The van der Waals surface area contributed by atoms with E-state index in [9.17, 15) is 5.11 Å².